The maximum Gasteiger partial charge on any atom is 0.509 e. The predicted molar refractivity (Wildman–Crippen MR) is 105 cm³/mol. The molecule has 2 fully saturated rings. The van der Waals surface area contributed by atoms with Crippen molar-refractivity contribution >= 4 is 12.1 Å². The average Bonchev–Trinajstić information content (AvgIpc) is 2.68. The van der Waals surface area contributed by atoms with Crippen LogP contribution in [-0.4, -0.2) is 38.1 Å². The van der Waals surface area contributed by atoms with E-state index in [0.717, 1.165) is 25.8 Å². The Morgan fingerprint density at radius 3 is 2.46 bits per heavy atom. The van der Waals surface area contributed by atoms with Crippen LogP contribution in [0.1, 0.15) is 55.5 Å². The lowest BCUT2D eigenvalue weighted by Crippen LogP contribution is -2.48. The third-order valence-electron chi connectivity index (χ3n) is 5.86. The molecule has 28 heavy (non-hydrogen) atoms. The zero-order valence-corrected chi connectivity index (χ0v) is 16.8. The third kappa shape index (κ3) is 5.47. The molecule has 1 aliphatic heterocycles. The maximum atomic E-state index is 11.8. The van der Waals surface area contributed by atoms with Crippen molar-refractivity contribution in [3.05, 3.63) is 35.4 Å². The molecule has 1 aliphatic carbocycles. The molecule has 0 spiro atoms. The van der Waals surface area contributed by atoms with Crippen molar-refractivity contribution in [1.82, 2.24) is 5.32 Å². The van der Waals surface area contributed by atoms with Crippen LogP contribution in [0.4, 0.5) is 4.79 Å². The summed E-state index contributed by atoms with van der Waals surface area (Å²) in [5.74, 6) is 1.58. The average molecular weight is 389 g/mol. The largest absolute Gasteiger partial charge is 0.509 e. The number of nitrogens with one attached hydrogen (secondary N) is 1. The van der Waals surface area contributed by atoms with Crippen LogP contribution in [0.3, 0.4) is 0 Å². The molecule has 1 aromatic carbocycles. The first-order chi connectivity index (χ1) is 13.6. The van der Waals surface area contributed by atoms with Gasteiger partial charge in [0.15, 0.2) is 6.23 Å². The fourth-order valence-corrected chi connectivity index (χ4v) is 4.49. The predicted octanol–water partition coefficient (Wildman–Crippen LogP) is 3.93. The van der Waals surface area contributed by atoms with Gasteiger partial charge in [-0.05, 0) is 75.0 Å². The quantitative estimate of drug-likeness (QED) is 0.743. The summed E-state index contributed by atoms with van der Waals surface area (Å²) >= 11 is 0. The second-order valence-electron chi connectivity index (χ2n) is 7.75. The highest BCUT2D eigenvalue weighted by Gasteiger charge is 2.36. The van der Waals surface area contributed by atoms with E-state index in [4.69, 9.17) is 14.2 Å². The van der Waals surface area contributed by atoms with Crippen LogP contribution in [0.5, 0.6) is 0 Å². The molecule has 1 heterocycles. The molecule has 1 aromatic rings. The summed E-state index contributed by atoms with van der Waals surface area (Å²) in [5, 5.41) is 3.33. The molecule has 3 rings (SSSR count). The maximum absolute atomic E-state index is 11.8. The van der Waals surface area contributed by atoms with E-state index in [1.807, 2.05) is 31.2 Å². The molecule has 0 aromatic heterocycles. The second kappa shape index (κ2) is 9.92. The molecular formula is C22H31NO5. The van der Waals surface area contributed by atoms with Crippen LogP contribution < -0.4 is 5.32 Å². The number of carbonyl (C=O) groups excluding carboxylic acids is 2. The molecule has 1 saturated carbocycles. The van der Waals surface area contributed by atoms with E-state index < -0.39 is 6.16 Å². The van der Waals surface area contributed by atoms with Crippen molar-refractivity contribution < 1.29 is 23.8 Å². The molecular weight excluding hydrogens is 358 g/mol. The van der Waals surface area contributed by atoms with Gasteiger partial charge in [-0.3, -0.25) is 5.32 Å². The number of esters is 1. The number of benzene rings is 1. The van der Waals surface area contributed by atoms with Gasteiger partial charge in [-0.1, -0.05) is 12.1 Å². The Kier molecular flexibility index (Phi) is 7.31. The monoisotopic (exact) mass is 389 g/mol. The van der Waals surface area contributed by atoms with E-state index in [1.165, 1.54) is 18.4 Å². The first kappa shape index (κ1) is 20.6. The van der Waals surface area contributed by atoms with E-state index in [0.29, 0.717) is 36.5 Å². The molecule has 154 valence electrons. The number of ether oxygens (including phenoxy) is 3. The molecule has 0 unspecified atom stereocenters. The standard InChI is InChI=1S/C22H31NO5/c1-3-26-21(24)17-8-5-15(6-9-17)11-16-7-10-18-14-23-20(13-19(18)12-16)28-22(25)27-4-2/h5-6,8-9,16,18-20,23H,3-4,7,10-14H2,1-2H3/t16-,18+,19-,20+/m1/s1. The molecule has 0 radical (unpaired) electrons. The SMILES string of the molecule is CCOC(=O)O[C@H]1C[C@H]2C[C@@H](Cc3ccc(C(=O)OCC)cc3)CC[C@H]2CN1. The Hall–Kier alpha value is -2.08. The molecule has 0 amide bonds. The lowest BCUT2D eigenvalue weighted by atomic mass is 9.69. The Morgan fingerprint density at radius 1 is 1.00 bits per heavy atom. The van der Waals surface area contributed by atoms with Crippen molar-refractivity contribution in [2.45, 2.75) is 52.2 Å². The van der Waals surface area contributed by atoms with Gasteiger partial charge < -0.3 is 14.2 Å². The molecule has 1 saturated heterocycles. The van der Waals surface area contributed by atoms with Crippen LogP contribution in [0.2, 0.25) is 0 Å². The minimum absolute atomic E-state index is 0.247. The van der Waals surface area contributed by atoms with Gasteiger partial charge in [0.1, 0.15) is 0 Å². The number of hydrogen-bond donors (Lipinski definition) is 1. The fraction of sp³-hybridized carbons (Fsp3) is 0.636. The Balaban J connectivity index is 1.51. The van der Waals surface area contributed by atoms with Gasteiger partial charge in [-0.25, -0.2) is 9.59 Å². The first-order valence-corrected chi connectivity index (χ1v) is 10.4. The van der Waals surface area contributed by atoms with Gasteiger partial charge in [-0.15, -0.1) is 0 Å². The molecule has 1 N–H and O–H groups in total. The van der Waals surface area contributed by atoms with Crippen molar-refractivity contribution in [3.8, 4) is 0 Å². The van der Waals surface area contributed by atoms with Crippen molar-refractivity contribution in [2.24, 2.45) is 17.8 Å². The first-order valence-electron chi connectivity index (χ1n) is 10.4. The highest BCUT2D eigenvalue weighted by Crippen LogP contribution is 2.40. The van der Waals surface area contributed by atoms with E-state index in [9.17, 15) is 9.59 Å². The normalized spacial score (nSPS) is 26.8. The minimum atomic E-state index is -0.590. The Bertz CT molecular complexity index is 659. The topological polar surface area (TPSA) is 73.9 Å². The Labute approximate surface area is 166 Å². The molecule has 2 aliphatic rings. The van der Waals surface area contributed by atoms with Gasteiger partial charge in [0.05, 0.1) is 18.8 Å². The number of carbonyl (C=O) groups is 2. The summed E-state index contributed by atoms with van der Waals surface area (Å²) in [5.41, 5.74) is 1.86. The van der Waals surface area contributed by atoms with E-state index in [-0.39, 0.29) is 12.2 Å². The highest BCUT2D eigenvalue weighted by molar-refractivity contribution is 5.89. The van der Waals surface area contributed by atoms with Crippen molar-refractivity contribution in [2.75, 3.05) is 19.8 Å². The van der Waals surface area contributed by atoms with Gasteiger partial charge in [0.2, 0.25) is 0 Å². The lowest BCUT2D eigenvalue weighted by molar-refractivity contribution is -0.0258. The number of hydrogen-bond acceptors (Lipinski definition) is 6. The molecule has 6 nitrogen and oxygen atoms in total. The molecule has 4 atom stereocenters. The molecule has 6 heteroatoms. The van der Waals surface area contributed by atoms with Gasteiger partial charge >= 0.3 is 12.1 Å². The van der Waals surface area contributed by atoms with Gasteiger partial charge in [0, 0.05) is 13.0 Å². The highest BCUT2D eigenvalue weighted by atomic mass is 16.7. The smallest absolute Gasteiger partial charge is 0.462 e. The second-order valence-corrected chi connectivity index (χ2v) is 7.75. The summed E-state index contributed by atoms with van der Waals surface area (Å²) in [7, 11) is 0. The summed E-state index contributed by atoms with van der Waals surface area (Å²) in [6.07, 6.45) is 4.59. The third-order valence-corrected chi connectivity index (χ3v) is 5.86. The zero-order valence-electron chi connectivity index (χ0n) is 16.8. The van der Waals surface area contributed by atoms with E-state index in [1.54, 1.807) is 6.92 Å². The zero-order chi connectivity index (χ0) is 19.9. The number of fused-ring (bicyclic) bond motifs is 1. The van der Waals surface area contributed by atoms with Crippen LogP contribution in [0.25, 0.3) is 0 Å². The van der Waals surface area contributed by atoms with Crippen LogP contribution in [0.15, 0.2) is 24.3 Å². The van der Waals surface area contributed by atoms with Crippen LogP contribution >= 0.6 is 0 Å². The number of rotatable bonds is 6. The van der Waals surface area contributed by atoms with Gasteiger partial charge in [0.25, 0.3) is 0 Å². The summed E-state index contributed by atoms with van der Waals surface area (Å²) in [4.78, 5) is 23.4. The summed E-state index contributed by atoms with van der Waals surface area (Å²) in [6, 6.07) is 7.78. The van der Waals surface area contributed by atoms with E-state index in [2.05, 4.69) is 5.32 Å². The van der Waals surface area contributed by atoms with E-state index >= 15 is 0 Å². The summed E-state index contributed by atoms with van der Waals surface area (Å²) in [6.45, 7) is 5.20. The lowest BCUT2D eigenvalue weighted by Gasteiger charge is -2.42. The van der Waals surface area contributed by atoms with Crippen molar-refractivity contribution in [1.29, 1.82) is 0 Å². The van der Waals surface area contributed by atoms with Crippen LogP contribution in [0, 0.1) is 17.8 Å². The number of piperidine rings is 1. The Morgan fingerprint density at radius 2 is 1.75 bits per heavy atom. The van der Waals surface area contributed by atoms with Gasteiger partial charge in [-0.2, -0.15) is 0 Å². The molecule has 0 bridgehead atoms. The van der Waals surface area contributed by atoms with Crippen molar-refractivity contribution in [3.63, 3.8) is 0 Å². The minimum Gasteiger partial charge on any atom is -0.462 e. The summed E-state index contributed by atoms with van der Waals surface area (Å²) < 4.78 is 15.3. The van der Waals surface area contributed by atoms with Crippen LogP contribution in [-0.2, 0) is 20.6 Å². The fourth-order valence-electron chi connectivity index (χ4n) is 4.49.